The number of nitrogens with one attached hydrogen (secondary N) is 3. The van der Waals surface area contributed by atoms with Gasteiger partial charge in [0.25, 0.3) is 0 Å². The van der Waals surface area contributed by atoms with Crippen molar-refractivity contribution in [3.8, 4) is 11.1 Å². The Morgan fingerprint density at radius 1 is 1.05 bits per heavy atom. The number of aliphatic hydroxyl groups is 1. The molecular weight excluding hydrogens is 499 g/mol. The average Bonchev–Trinajstić information content (AvgIpc) is 3.07. The van der Waals surface area contributed by atoms with Gasteiger partial charge in [-0.3, -0.25) is 9.59 Å². The first-order valence-corrected chi connectivity index (χ1v) is 13.1. The summed E-state index contributed by atoms with van der Waals surface area (Å²) in [4.78, 5) is 39.1. The molecule has 4 N–H and O–H groups in total. The van der Waals surface area contributed by atoms with E-state index in [1.54, 1.807) is 17.9 Å². The largest absolute Gasteiger partial charge is 0.395 e. The zero-order valence-corrected chi connectivity index (χ0v) is 21.9. The molecular formula is C30H33FN4O4. The molecule has 1 aliphatic heterocycles. The van der Waals surface area contributed by atoms with Crippen molar-refractivity contribution in [3.05, 3.63) is 89.2 Å². The number of nitrogens with zero attached hydrogens (tertiary/aromatic N) is 1. The van der Waals surface area contributed by atoms with Crippen LogP contribution in [-0.2, 0) is 29.1 Å². The summed E-state index contributed by atoms with van der Waals surface area (Å²) in [6, 6.07) is 18.9. The minimum atomic E-state index is -0.680. The van der Waals surface area contributed by atoms with Crippen LogP contribution in [0.5, 0.6) is 0 Å². The standard InChI is InChI=1S/C30H33FN4O4/c1-2-28(37)34-26-13-11-22-17-24(31)12-14-27(22)35(29(26)38)19-20-7-9-21(10-8-20)25-6-4-3-5-23(25)18-33-30(39)32-15-16-36/h3-10,12,14,17,26,36H,2,11,13,15-16,18-19H2,1H3,(H,34,37)(H2,32,33,39)/t26-/m1/s1. The molecule has 0 radical (unpaired) electrons. The van der Waals surface area contributed by atoms with Crippen LogP contribution in [-0.4, -0.2) is 42.1 Å². The van der Waals surface area contributed by atoms with Crippen LogP contribution in [0.15, 0.2) is 66.7 Å². The molecule has 0 aromatic heterocycles. The van der Waals surface area contributed by atoms with Gasteiger partial charge in [-0.05, 0) is 58.9 Å². The minimum absolute atomic E-state index is 0.129. The fraction of sp³-hybridized carbons (Fsp3) is 0.300. The SMILES string of the molecule is CCC(=O)N[C@@H]1CCc2cc(F)ccc2N(Cc2ccc(-c3ccccc3CNC(=O)NCCO)cc2)C1=O. The minimum Gasteiger partial charge on any atom is -0.395 e. The number of amides is 4. The van der Waals surface area contributed by atoms with E-state index < -0.39 is 6.04 Å². The lowest BCUT2D eigenvalue weighted by atomic mass is 9.98. The third kappa shape index (κ3) is 7.00. The zero-order valence-electron chi connectivity index (χ0n) is 21.9. The van der Waals surface area contributed by atoms with Gasteiger partial charge in [-0.25, -0.2) is 9.18 Å². The second-order valence-corrected chi connectivity index (χ2v) is 9.40. The molecule has 1 heterocycles. The molecule has 8 nitrogen and oxygen atoms in total. The quantitative estimate of drug-likeness (QED) is 0.337. The highest BCUT2D eigenvalue weighted by Gasteiger charge is 2.31. The maximum absolute atomic E-state index is 14.0. The van der Waals surface area contributed by atoms with Crippen LogP contribution < -0.4 is 20.9 Å². The lowest BCUT2D eigenvalue weighted by Crippen LogP contribution is -2.47. The monoisotopic (exact) mass is 532 g/mol. The zero-order chi connectivity index (χ0) is 27.8. The Morgan fingerprint density at radius 2 is 1.82 bits per heavy atom. The molecule has 0 aliphatic carbocycles. The van der Waals surface area contributed by atoms with E-state index in [1.807, 2.05) is 48.5 Å². The molecule has 0 spiro atoms. The maximum atomic E-state index is 14.0. The number of urea groups is 1. The van der Waals surface area contributed by atoms with Crippen LogP contribution >= 0.6 is 0 Å². The summed E-state index contributed by atoms with van der Waals surface area (Å²) in [5.41, 5.74) is 5.10. The van der Waals surface area contributed by atoms with Gasteiger partial charge in [-0.15, -0.1) is 0 Å². The topological polar surface area (TPSA) is 111 Å². The number of hydrogen-bond donors (Lipinski definition) is 4. The van der Waals surface area contributed by atoms with Gasteiger partial charge in [0.1, 0.15) is 11.9 Å². The van der Waals surface area contributed by atoms with Crippen molar-refractivity contribution in [3.63, 3.8) is 0 Å². The fourth-order valence-corrected chi connectivity index (χ4v) is 4.68. The third-order valence-electron chi connectivity index (χ3n) is 6.71. The van der Waals surface area contributed by atoms with Crippen LogP contribution in [0.1, 0.15) is 36.5 Å². The second-order valence-electron chi connectivity index (χ2n) is 9.40. The van der Waals surface area contributed by atoms with E-state index in [4.69, 9.17) is 5.11 Å². The number of carbonyl (C=O) groups is 3. The number of anilines is 1. The van der Waals surface area contributed by atoms with Crippen molar-refractivity contribution in [1.29, 1.82) is 0 Å². The van der Waals surface area contributed by atoms with E-state index >= 15 is 0 Å². The van der Waals surface area contributed by atoms with Crippen LogP contribution in [0.4, 0.5) is 14.9 Å². The molecule has 4 rings (SSSR count). The van der Waals surface area contributed by atoms with Crippen molar-refractivity contribution in [2.75, 3.05) is 18.1 Å². The molecule has 0 fully saturated rings. The first-order valence-electron chi connectivity index (χ1n) is 13.1. The van der Waals surface area contributed by atoms with E-state index in [0.29, 0.717) is 25.1 Å². The molecule has 9 heteroatoms. The molecule has 39 heavy (non-hydrogen) atoms. The number of halogens is 1. The molecule has 0 bridgehead atoms. The number of aliphatic hydroxyl groups excluding tert-OH is 1. The number of rotatable bonds is 9. The highest BCUT2D eigenvalue weighted by atomic mass is 19.1. The summed E-state index contributed by atoms with van der Waals surface area (Å²) in [7, 11) is 0. The summed E-state index contributed by atoms with van der Waals surface area (Å²) in [5, 5.41) is 17.0. The van der Waals surface area contributed by atoms with E-state index in [2.05, 4.69) is 16.0 Å². The molecule has 0 saturated carbocycles. The number of aryl methyl sites for hydroxylation is 1. The Bertz CT molecular complexity index is 1330. The summed E-state index contributed by atoms with van der Waals surface area (Å²) < 4.78 is 14.0. The van der Waals surface area contributed by atoms with Gasteiger partial charge < -0.3 is 26.0 Å². The van der Waals surface area contributed by atoms with Crippen molar-refractivity contribution in [2.24, 2.45) is 0 Å². The summed E-state index contributed by atoms with van der Waals surface area (Å²) in [6.07, 6.45) is 1.15. The summed E-state index contributed by atoms with van der Waals surface area (Å²) in [5.74, 6) is -0.781. The third-order valence-corrected chi connectivity index (χ3v) is 6.71. The Kier molecular flexibility index (Phi) is 9.27. The lowest BCUT2D eigenvalue weighted by molar-refractivity contribution is -0.127. The van der Waals surface area contributed by atoms with E-state index in [1.165, 1.54) is 12.1 Å². The molecule has 1 aliphatic rings. The number of fused-ring (bicyclic) bond motifs is 1. The Balaban J connectivity index is 1.55. The Hall–Kier alpha value is -4.24. The van der Waals surface area contributed by atoms with Crippen LogP contribution in [0.3, 0.4) is 0 Å². The van der Waals surface area contributed by atoms with Gasteiger partial charge in [-0.1, -0.05) is 55.5 Å². The maximum Gasteiger partial charge on any atom is 0.315 e. The van der Waals surface area contributed by atoms with Gasteiger partial charge in [0.05, 0.1) is 13.2 Å². The summed E-state index contributed by atoms with van der Waals surface area (Å²) >= 11 is 0. The number of carbonyl (C=O) groups excluding carboxylic acids is 3. The first-order chi connectivity index (χ1) is 18.9. The average molecular weight is 533 g/mol. The Morgan fingerprint density at radius 3 is 2.56 bits per heavy atom. The number of hydrogen-bond acceptors (Lipinski definition) is 4. The predicted octanol–water partition coefficient (Wildman–Crippen LogP) is 3.66. The molecule has 0 saturated heterocycles. The lowest BCUT2D eigenvalue weighted by Gasteiger charge is -2.26. The smallest absolute Gasteiger partial charge is 0.315 e. The van der Waals surface area contributed by atoms with E-state index in [-0.39, 0.29) is 49.8 Å². The molecule has 3 aromatic carbocycles. The molecule has 1 atom stereocenters. The number of benzene rings is 3. The van der Waals surface area contributed by atoms with Gasteiger partial charge in [0, 0.05) is 25.2 Å². The fourth-order valence-electron chi connectivity index (χ4n) is 4.68. The van der Waals surface area contributed by atoms with Crippen molar-refractivity contribution >= 4 is 23.5 Å². The Labute approximate surface area is 227 Å². The highest BCUT2D eigenvalue weighted by Crippen LogP contribution is 2.30. The predicted molar refractivity (Wildman–Crippen MR) is 147 cm³/mol. The van der Waals surface area contributed by atoms with Gasteiger partial charge in [0.15, 0.2) is 0 Å². The molecule has 4 amide bonds. The van der Waals surface area contributed by atoms with Gasteiger partial charge in [0.2, 0.25) is 11.8 Å². The van der Waals surface area contributed by atoms with Crippen LogP contribution in [0, 0.1) is 5.82 Å². The van der Waals surface area contributed by atoms with Gasteiger partial charge >= 0.3 is 6.03 Å². The van der Waals surface area contributed by atoms with E-state index in [0.717, 1.165) is 27.8 Å². The van der Waals surface area contributed by atoms with Crippen LogP contribution in [0.25, 0.3) is 11.1 Å². The van der Waals surface area contributed by atoms with Crippen LogP contribution in [0.2, 0.25) is 0 Å². The normalized spacial score (nSPS) is 14.8. The van der Waals surface area contributed by atoms with Gasteiger partial charge in [-0.2, -0.15) is 0 Å². The van der Waals surface area contributed by atoms with Crippen molar-refractivity contribution in [2.45, 2.75) is 45.3 Å². The molecule has 3 aromatic rings. The van der Waals surface area contributed by atoms with E-state index in [9.17, 15) is 18.8 Å². The second kappa shape index (κ2) is 13.0. The highest BCUT2D eigenvalue weighted by molar-refractivity contribution is 6.00. The van der Waals surface area contributed by atoms with Crippen molar-refractivity contribution in [1.82, 2.24) is 16.0 Å². The molecule has 204 valence electrons. The summed E-state index contributed by atoms with van der Waals surface area (Å²) in [6.45, 7) is 2.37. The first kappa shape index (κ1) is 27.8. The molecule has 0 unspecified atom stereocenters. The van der Waals surface area contributed by atoms with Crippen molar-refractivity contribution < 1.29 is 23.9 Å².